The van der Waals surface area contributed by atoms with Gasteiger partial charge in [0.2, 0.25) is 5.91 Å². The fourth-order valence-corrected chi connectivity index (χ4v) is 1.47. The van der Waals surface area contributed by atoms with E-state index < -0.39 is 0 Å². The van der Waals surface area contributed by atoms with Crippen LogP contribution >= 0.6 is 24.0 Å². The molecule has 0 atom stereocenters. The molecule has 6 nitrogen and oxygen atoms in total. The summed E-state index contributed by atoms with van der Waals surface area (Å²) in [6, 6.07) is 5.78. The summed E-state index contributed by atoms with van der Waals surface area (Å²) in [6.45, 7) is 5.55. The average Bonchev–Trinajstić information content (AvgIpc) is 2.47. The molecular weight excluding hydrogens is 381 g/mol. The summed E-state index contributed by atoms with van der Waals surface area (Å²) < 4.78 is 0. The fourth-order valence-electron chi connectivity index (χ4n) is 1.47. The maximum Gasteiger partial charge on any atom is 0.222 e. The first-order chi connectivity index (χ1) is 9.63. The Morgan fingerprint density at radius 1 is 1.24 bits per heavy atom. The quantitative estimate of drug-likeness (QED) is 0.287. The number of aliphatic imine (C=N–C) groups is 1. The van der Waals surface area contributed by atoms with Crippen molar-refractivity contribution in [3.63, 3.8) is 0 Å². The van der Waals surface area contributed by atoms with Crippen molar-refractivity contribution >= 4 is 35.8 Å². The number of carbonyl (C=O) groups excluding carboxylic acids is 1. The molecule has 1 aromatic heterocycles. The van der Waals surface area contributed by atoms with Crippen LogP contribution in [0.3, 0.4) is 0 Å². The molecule has 0 saturated heterocycles. The molecule has 0 aliphatic heterocycles. The van der Waals surface area contributed by atoms with Gasteiger partial charge >= 0.3 is 0 Å². The lowest BCUT2D eigenvalue weighted by Gasteiger charge is -2.12. The first kappa shape index (κ1) is 19.6. The monoisotopic (exact) mass is 405 g/mol. The van der Waals surface area contributed by atoms with E-state index in [9.17, 15) is 4.79 Å². The van der Waals surface area contributed by atoms with Crippen molar-refractivity contribution in [2.75, 3.05) is 20.1 Å². The molecule has 0 saturated carbocycles. The number of aromatic nitrogens is 1. The second-order valence-electron chi connectivity index (χ2n) is 4.62. The van der Waals surface area contributed by atoms with E-state index in [4.69, 9.17) is 0 Å². The Morgan fingerprint density at radius 3 is 2.52 bits per heavy atom. The Kier molecular flexibility index (Phi) is 10.6. The van der Waals surface area contributed by atoms with E-state index in [-0.39, 0.29) is 35.8 Å². The van der Waals surface area contributed by atoms with Crippen molar-refractivity contribution < 1.29 is 4.79 Å². The van der Waals surface area contributed by atoms with E-state index >= 15 is 0 Å². The van der Waals surface area contributed by atoms with Gasteiger partial charge in [0.25, 0.3) is 0 Å². The van der Waals surface area contributed by atoms with Crippen LogP contribution in [0.25, 0.3) is 0 Å². The SMILES string of the molecule is CN=C(NCCNC(=O)C(C)C)NCc1ccccn1.I. The van der Waals surface area contributed by atoms with Crippen molar-refractivity contribution in [2.24, 2.45) is 10.9 Å². The predicted molar refractivity (Wildman–Crippen MR) is 95.7 cm³/mol. The summed E-state index contributed by atoms with van der Waals surface area (Å²) in [6.07, 6.45) is 1.76. The number of pyridine rings is 1. The average molecular weight is 405 g/mol. The second kappa shape index (κ2) is 11.3. The molecule has 0 unspecified atom stereocenters. The number of hydrogen-bond acceptors (Lipinski definition) is 3. The molecule has 1 heterocycles. The Morgan fingerprint density at radius 2 is 1.95 bits per heavy atom. The van der Waals surface area contributed by atoms with Crippen LogP contribution in [0.4, 0.5) is 0 Å². The highest BCUT2D eigenvalue weighted by Crippen LogP contribution is 1.91. The van der Waals surface area contributed by atoms with Crippen LogP contribution in [0.1, 0.15) is 19.5 Å². The van der Waals surface area contributed by atoms with Gasteiger partial charge in [0, 0.05) is 32.3 Å². The Hall–Kier alpha value is -1.38. The zero-order valence-electron chi connectivity index (χ0n) is 12.7. The summed E-state index contributed by atoms with van der Waals surface area (Å²) in [5.74, 6) is 0.759. The van der Waals surface area contributed by atoms with Crippen LogP contribution in [0.5, 0.6) is 0 Å². The Balaban J connectivity index is 0.00000400. The number of carbonyl (C=O) groups is 1. The van der Waals surface area contributed by atoms with Crippen LogP contribution in [-0.2, 0) is 11.3 Å². The largest absolute Gasteiger partial charge is 0.355 e. The zero-order chi connectivity index (χ0) is 14.8. The lowest BCUT2D eigenvalue weighted by atomic mass is 10.2. The second-order valence-corrected chi connectivity index (χ2v) is 4.62. The minimum absolute atomic E-state index is 0. The van der Waals surface area contributed by atoms with Gasteiger partial charge in [-0.2, -0.15) is 0 Å². The molecule has 118 valence electrons. The van der Waals surface area contributed by atoms with Crippen molar-refractivity contribution in [1.29, 1.82) is 0 Å². The molecule has 0 aliphatic carbocycles. The van der Waals surface area contributed by atoms with E-state index in [1.165, 1.54) is 0 Å². The van der Waals surface area contributed by atoms with Gasteiger partial charge in [-0.1, -0.05) is 19.9 Å². The number of halogens is 1. The number of rotatable bonds is 6. The van der Waals surface area contributed by atoms with E-state index in [2.05, 4.69) is 25.9 Å². The van der Waals surface area contributed by atoms with Crippen molar-refractivity contribution in [2.45, 2.75) is 20.4 Å². The third-order valence-corrected chi connectivity index (χ3v) is 2.63. The number of amides is 1. The number of hydrogen-bond donors (Lipinski definition) is 3. The standard InChI is InChI=1S/C14H23N5O.HI/c1-11(2)13(20)17-8-9-18-14(15-3)19-10-12-6-4-5-7-16-12;/h4-7,11H,8-10H2,1-3H3,(H,17,20)(H2,15,18,19);1H. The first-order valence-corrected chi connectivity index (χ1v) is 6.75. The molecule has 3 N–H and O–H groups in total. The molecular formula is C14H24IN5O. The molecule has 0 radical (unpaired) electrons. The molecule has 0 spiro atoms. The predicted octanol–water partition coefficient (Wildman–Crippen LogP) is 1.14. The molecule has 1 amide bonds. The zero-order valence-corrected chi connectivity index (χ0v) is 15.0. The lowest BCUT2D eigenvalue weighted by Crippen LogP contribution is -2.41. The summed E-state index contributed by atoms with van der Waals surface area (Å²) >= 11 is 0. The van der Waals surface area contributed by atoms with Crippen LogP contribution in [0.15, 0.2) is 29.4 Å². The summed E-state index contributed by atoms with van der Waals surface area (Å²) in [7, 11) is 1.71. The van der Waals surface area contributed by atoms with Gasteiger partial charge in [0.05, 0.1) is 12.2 Å². The van der Waals surface area contributed by atoms with Gasteiger partial charge < -0.3 is 16.0 Å². The minimum Gasteiger partial charge on any atom is -0.355 e. The summed E-state index contributed by atoms with van der Waals surface area (Å²) in [4.78, 5) is 19.7. The molecule has 7 heteroatoms. The molecule has 0 aliphatic rings. The normalized spacial score (nSPS) is 10.8. The maximum atomic E-state index is 11.4. The highest BCUT2D eigenvalue weighted by Gasteiger charge is 2.05. The summed E-state index contributed by atoms with van der Waals surface area (Å²) in [5, 5.41) is 9.13. The summed E-state index contributed by atoms with van der Waals surface area (Å²) in [5.41, 5.74) is 0.948. The first-order valence-electron chi connectivity index (χ1n) is 6.75. The number of guanidine groups is 1. The molecule has 1 aromatic rings. The van der Waals surface area contributed by atoms with Crippen molar-refractivity contribution in [3.8, 4) is 0 Å². The smallest absolute Gasteiger partial charge is 0.222 e. The van der Waals surface area contributed by atoms with Gasteiger partial charge in [-0.25, -0.2) is 0 Å². The highest BCUT2D eigenvalue weighted by atomic mass is 127. The van der Waals surface area contributed by atoms with E-state index in [1.807, 2.05) is 32.0 Å². The molecule has 1 rings (SSSR count). The van der Waals surface area contributed by atoms with Gasteiger partial charge in [-0.15, -0.1) is 24.0 Å². The Bertz CT molecular complexity index is 436. The third kappa shape index (κ3) is 8.49. The van der Waals surface area contributed by atoms with Crippen LogP contribution in [-0.4, -0.2) is 37.0 Å². The third-order valence-electron chi connectivity index (χ3n) is 2.63. The molecule has 0 fully saturated rings. The topological polar surface area (TPSA) is 78.4 Å². The Labute approximate surface area is 143 Å². The number of nitrogens with one attached hydrogen (secondary N) is 3. The van der Waals surface area contributed by atoms with Gasteiger partial charge in [0.1, 0.15) is 0 Å². The highest BCUT2D eigenvalue weighted by molar-refractivity contribution is 14.0. The molecule has 0 bridgehead atoms. The van der Waals surface area contributed by atoms with Gasteiger partial charge in [-0.3, -0.25) is 14.8 Å². The minimum atomic E-state index is 0. The molecule has 21 heavy (non-hydrogen) atoms. The number of nitrogens with zero attached hydrogens (tertiary/aromatic N) is 2. The lowest BCUT2D eigenvalue weighted by molar-refractivity contribution is -0.123. The van der Waals surface area contributed by atoms with E-state index in [0.717, 1.165) is 5.69 Å². The van der Waals surface area contributed by atoms with Crippen molar-refractivity contribution in [3.05, 3.63) is 30.1 Å². The van der Waals surface area contributed by atoms with Crippen LogP contribution in [0.2, 0.25) is 0 Å². The fraction of sp³-hybridized carbons (Fsp3) is 0.500. The van der Waals surface area contributed by atoms with Gasteiger partial charge in [-0.05, 0) is 12.1 Å². The van der Waals surface area contributed by atoms with E-state index in [1.54, 1.807) is 13.2 Å². The van der Waals surface area contributed by atoms with Crippen LogP contribution < -0.4 is 16.0 Å². The maximum absolute atomic E-state index is 11.4. The molecule has 0 aromatic carbocycles. The van der Waals surface area contributed by atoms with Crippen molar-refractivity contribution in [1.82, 2.24) is 20.9 Å². The van der Waals surface area contributed by atoms with Gasteiger partial charge in [0.15, 0.2) is 5.96 Å². The van der Waals surface area contributed by atoms with E-state index in [0.29, 0.717) is 25.6 Å². The van der Waals surface area contributed by atoms with Crippen LogP contribution in [0, 0.1) is 5.92 Å².